The summed E-state index contributed by atoms with van der Waals surface area (Å²) in [7, 11) is 0. The molecule has 0 bridgehead atoms. The van der Waals surface area contributed by atoms with Crippen LogP contribution in [-0.2, 0) is 4.79 Å². The van der Waals surface area contributed by atoms with E-state index in [1.807, 2.05) is 66.6 Å². The van der Waals surface area contributed by atoms with Crippen LogP contribution in [0.25, 0.3) is 17.0 Å². The zero-order chi connectivity index (χ0) is 25.0. The number of amides is 2. The third kappa shape index (κ3) is 4.84. The maximum absolute atomic E-state index is 14.1. The molecule has 3 aromatic rings. The van der Waals surface area contributed by atoms with Gasteiger partial charge >= 0.3 is 0 Å². The quantitative estimate of drug-likeness (QED) is 0.408. The Kier molecular flexibility index (Phi) is 7.26. The average Bonchev–Trinajstić information content (AvgIpc) is 3.33. The van der Waals surface area contributed by atoms with Crippen molar-refractivity contribution < 1.29 is 9.59 Å². The van der Waals surface area contributed by atoms with Gasteiger partial charge in [-0.3, -0.25) is 9.59 Å². The van der Waals surface area contributed by atoms with Crippen molar-refractivity contribution in [3.8, 4) is 0 Å². The minimum atomic E-state index is -0.813. The molecule has 0 radical (unpaired) electrons. The number of aryl methyl sites for hydroxylation is 1. The van der Waals surface area contributed by atoms with E-state index in [0.29, 0.717) is 18.4 Å². The number of aromatic amines is 1. The highest BCUT2D eigenvalue weighted by atomic mass is 16.2. The van der Waals surface area contributed by atoms with Gasteiger partial charge < -0.3 is 15.2 Å². The molecule has 5 heteroatoms. The van der Waals surface area contributed by atoms with Crippen molar-refractivity contribution in [3.05, 3.63) is 77.6 Å². The smallest absolute Gasteiger partial charge is 0.254 e. The number of carbonyl (C=O) groups excluding carboxylic acids is 2. The van der Waals surface area contributed by atoms with Gasteiger partial charge in [0.1, 0.15) is 5.54 Å². The van der Waals surface area contributed by atoms with Crippen molar-refractivity contribution >= 4 is 28.8 Å². The van der Waals surface area contributed by atoms with Crippen LogP contribution in [0.3, 0.4) is 0 Å². The monoisotopic (exact) mass is 483 g/mol. The molecule has 188 valence electrons. The van der Waals surface area contributed by atoms with Crippen molar-refractivity contribution in [2.24, 2.45) is 0 Å². The first kappa shape index (κ1) is 24.4. The first-order valence-corrected chi connectivity index (χ1v) is 13.5. The third-order valence-electron chi connectivity index (χ3n) is 8.12. The van der Waals surface area contributed by atoms with Crippen LogP contribution in [-0.4, -0.2) is 33.3 Å². The molecule has 1 heterocycles. The van der Waals surface area contributed by atoms with Gasteiger partial charge in [-0.25, -0.2) is 0 Å². The Morgan fingerprint density at radius 1 is 0.944 bits per heavy atom. The van der Waals surface area contributed by atoms with Crippen LogP contribution in [0, 0.1) is 6.92 Å². The largest absolute Gasteiger partial charge is 0.361 e. The van der Waals surface area contributed by atoms with E-state index in [1.54, 1.807) is 6.20 Å². The van der Waals surface area contributed by atoms with Gasteiger partial charge in [-0.15, -0.1) is 0 Å². The predicted octanol–water partition coefficient (Wildman–Crippen LogP) is 6.74. The number of hydrogen-bond donors (Lipinski definition) is 2. The summed E-state index contributed by atoms with van der Waals surface area (Å²) in [4.78, 5) is 33.4. The Labute approximate surface area is 214 Å². The number of carbonyl (C=O) groups is 2. The minimum Gasteiger partial charge on any atom is -0.361 e. The van der Waals surface area contributed by atoms with Gasteiger partial charge in [-0.1, -0.05) is 74.4 Å². The van der Waals surface area contributed by atoms with E-state index >= 15 is 0 Å². The predicted molar refractivity (Wildman–Crippen MR) is 146 cm³/mol. The molecule has 2 amide bonds. The number of aromatic nitrogens is 1. The van der Waals surface area contributed by atoms with E-state index in [9.17, 15) is 9.59 Å². The second kappa shape index (κ2) is 10.7. The van der Waals surface area contributed by atoms with Crippen LogP contribution in [0.4, 0.5) is 0 Å². The maximum Gasteiger partial charge on any atom is 0.254 e. The highest BCUT2D eigenvalue weighted by Gasteiger charge is 2.49. The van der Waals surface area contributed by atoms with Gasteiger partial charge in [0.15, 0.2) is 0 Å². The van der Waals surface area contributed by atoms with Gasteiger partial charge in [0.25, 0.3) is 5.91 Å². The molecule has 36 heavy (non-hydrogen) atoms. The average molecular weight is 484 g/mol. The summed E-state index contributed by atoms with van der Waals surface area (Å²) >= 11 is 0. The Bertz CT molecular complexity index is 1230. The fourth-order valence-corrected chi connectivity index (χ4v) is 6.17. The highest BCUT2D eigenvalue weighted by molar-refractivity contribution is 6.00. The molecule has 2 aliphatic rings. The molecule has 2 aliphatic carbocycles. The zero-order valence-electron chi connectivity index (χ0n) is 21.3. The fourth-order valence-electron chi connectivity index (χ4n) is 6.17. The summed E-state index contributed by atoms with van der Waals surface area (Å²) in [5.74, 6) is -0.0520. The summed E-state index contributed by atoms with van der Waals surface area (Å²) in [6.45, 7) is 2.03. The molecule has 2 aromatic carbocycles. The molecular weight excluding hydrogens is 446 g/mol. The standard InChI is InChI=1S/C31H37N3O2/c1-23-14-16-24(17-15-23)29(35)34(26-10-4-2-5-11-26)31(19-8-3-9-20-31)30(36)32-21-18-25-22-33-28-13-7-6-12-27(25)28/h6-7,12-18,21-22,26,33H,2-5,8-11,19-20H2,1H3,(H,32,36). The van der Waals surface area contributed by atoms with Crippen LogP contribution in [0.2, 0.25) is 0 Å². The molecular formula is C31H37N3O2. The number of nitrogens with one attached hydrogen (secondary N) is 2. The maximum atomic E-state index is 14.1. The van der Waals surface area contributed by atoms with E-state index in [4.69, 9.17) is 0 Å². The molecule has 1 aromatic heterocycles. The second-order valence-electron chi connectivity index (χ2n) is 10.5. The lowest BCUT2D eigenvalue weighted by atomic mass is 9.76. The molecule has 0 spiro atoms. The van der Waals surface area contributed by atoms with Crippen LogP contribution in [0.15, 0.2) is 60.9 Å². The van der Waals surface area contributed by atoms with E-state index in [1.165, 1.54) is 6.42 Å². The summed E-state index contributed by atoms with van der Waals surface area (Å²) in [5, 5.41) is 4.22. The number of nitrogens with zero attached hydrogens (tertiary/aromatic N) is 1. The first-order valence-electron chi connectivity index (χ1n) is 13.5. The second-order valence-corrected chi connectivity index (χ2v) is 10.5. The summed E-state index contributed by atoms with van der Waals surface area (Å²) in [5.41, 5.74) is 3.09. The lowest BCUT2D eigenvalue weighted by molar-refractivity contribution is -0.135. The Hall–Kier alpha value is -3.34. The van der Waals surface area contributed by atoms with E-state index in [2.05, 4.69) is 16.4 Å². The molecule has 0 saturated heterocycles. The van der Waals surface area contributed by atoms with Gasteiger partial charge in [0.2, 0.25) is 5.91 Å². The topological polar surface area (TPSA) is 65.2 Å². The van der Waals surface area contributed by atoms with Crippen LogP contribution >= 0.6 is 0 Å². The lowest BCUT2D eigenvalue weighted by Gasteiger charge is -2.49. The van der Waals surface area contributed by atoms with Gasteiger partial charge in [-0.05, 0) is 56.9 Å². The zero-order valence-corrected chi connectivity index (χ0v) is 21.3. The van der Waals surface area contributed by atoms with Crippen LogP contribution in [0.5, 0.6) is 0 Å². The van der Waals surface area contributed by atoms with E-state index in [0.717, 1.165) is 67.0 Å². The molecule has 0 unspecified atom stereocenters. The Balaban J connectivity index is 1.45. The summed E-state index contributed by atoms with van der Waals surface area (Å²) in [6.07, 6.45) is 15.5. The Morgan fingerprint density at radius 2 is 1.64 bits per heavy atom. The van der Waals surface area contributed by atoms with Crippen LogP contribution in [0.1, 0.15) is 85.7 Å². The third-order valence-corrected chi connectivity index (χ3v) is 8.12. The molecule has 0 aliphatic heterocycles. The highest BCUT2D eigenvalue weighted by Crippen LogP contribution is 2.39. The molecule has 2 N–H and O–H groups in total. The molecule has 2 fully saturated rings. The van der Waals surface area contributed by atoms with Gasteiger partial charge in [-0.2, -0.15) is 0 Å². The summed E-state index contributed by atoms with van der Waals surface area (Å²) in [6, 6.07) is 16.1. The normalized spacial score (nSPS) is 18.4. The van der Waals surface area contributed by atoms with E-state index in [-0.39, 0.29) is 17.9 Å². The molecule has 0 atom stereocenters. The number of rotatable bonds is 6. The van der Waals surface area contributed by atoms with Gasteiger partial charge in [0.05, 0.1) is 0 Å². The van der Waals surface area contributed by atoms with Crippen molar-refractivity contribution in [1.82, 2.24) is 15.2 Å². The molecule has 5 rings (SSSR count). The summed E-state index contributed by atoms with van der Waals surface area (Å²) < 4.78 is 0. The number of para-hydroxylation sites is 1. The SMILES string of the molecule is Cc1ccc(C(=O)N(C2CCCCC2)C2(C(=O)NC=Cc3c[nH]c4ccccc34)CCCCC2)cc1. The van der Waals surface area contributed by atoms with Crippen molar-refractivity contribution in [2.75, 3.05) is 0 Å². The molecule has 5 nitrogen and oxygen atoms in total. The lowest BCUT2D eigenvalue weighted by Crippen LogP contribution is -2.64. The van der Waals surface area contributed by atoms with Crippen LogP contribution < -0.4 is 5.32 Å². The van der Waals surface area contributed by atoms with Crippen molar-refractivity contribution in [3.63, 3.8) is 0 Å². The number of fused-ring (bicyclic) bond motifs is 1. The minimum absolute atomic E-state index is 0.000409. The van der Waals surface area contributed by atoms with Gasteiger partial charge in [0, 0.05) is 40.5 Å². The number of H-pyrrole nitrogens is 1. The Morgan fingerprint density at radius 3 is 2.39 bits per heavy atom. The number of benzene rings is 2. The van der Waals surface area contributed by atoms with E-state index < -0.39 is 5.54 Å². The fraction of sp³-hybridized carbons (Fsp3) is 0.419. The van der Waals surface area contributed by atoms with Crippen molar-refractivity contribution in [2.45, 2.75) is 82.7 Å². The molecule has 2 saturated carbocycles. The number of hydrogen-bond acceptors (Lipinski definition) is 2. The first-order chi connectivity index (χ1) is 17.6. The van der Waals surface area contributed by atoms with Crippen molar-refractivity contribution in [1.29, 1.82) is 0 Å².